The second-order valence-electron chi connectivity index (χ2n) is 4.98. The SMILES string of the molecule is CCCN(CC)CCOc1ccccc1C(C)C. The van der Waals surface area contributed by atoms with E-state index in [1.54, 1.807) is 0 Å². The van der Waals surface area contributed by atoms with Crippen LogP contribution in [0.2, 0.25) is 0 Å². The highest BCUT2D eigenvalue weighted by molar-refractivity contribution is 5.35. The third kappa shape index (κ3) is 4.69. The maximum Gasteiger partial charge on any atom is 0.122 e. The molecule has 0 atom stereocenters. The lowest BCUT2D eigenvalue weighted by atomic mass is 10.0. The van der Waals surface area contributed by atoms with Crippen molar-refractivity contribution in [2.75, 3.05) is 26.2 Å². The molecule has 18 heavy (non-hydrogen) atoms. The Labute approximate surface area is 112 Å². The van der Waals surface area contributed by atoms with Crippen molar-refractivity contribution >= 4 is 0 Å². The van der Waals surface area contributed by atoms with Gasteiger partial charge in [-0.2, -0.15) is 0 Å². The van der Waals surface area contributed by atoms with E-state index in [4.69, 9.17) is 4.74 Å². The van der Waals surface area contributed by atoms with Crippen molar-refractivity contribution in [3.8, 4) is 5.75 Å². The van der Waals surface area contributed by atoms with E-state index in [2.05, 4.69) is 50.8 Å². The van der Waals surface area contributed by atoms with E-state index in [0.717, 1.165) is 32.0 Å². The molecule has 102 valence electrons. The molecule has 0 spiro atoms. The van der Waals surface area contributed by atoms with E-state index in [-0.39, 0.29) is 0 Å². The summed E-state index contributed by atoms with van der Waals surface area (Å²) in [4.78, 5) is 2.43. The van der Waals surface area contributed by atoms with E-state index in [0.29, 0.717) is 5.92 Å². The molecule has 1 rings (SSSR count). The van der Waals surface area contributed by atoms with Crippen LogP contribution in [0.1, 0.15) is 45.6 Å². The number of nitrogens with zero attached hydrogens (tertiary/aromatic N) is 1. The first-order valence-corrected chi connectivity index (χ1v) is 7.13. The van der Waals surface area contributed by atoms with Crippen LogP contribution in [0.5, 0.6) is 5.75 Å². The Kier molecular flexibility index (Phi) is 6.81. The first kappa shape index (κ1) is 15.0. The van der Waals surface area contributed by atoms with Crippen molar-refractivity contribution in [2.24, 2.45) is 0 Å². The predicted octanol–water partition coefficient (Wildman–Crippen LogP) is 3.92. The molecule has 0 aliphatic carbocycles. The van der Waals surface area contributed by atoms with Crippen LogP contribution in [0.15, 0.2) is 24.3 Å². The van der Waals surface area contributed by atoms with E-state index in [9.17, 15) is 0 Å². The average molecular weight is 249 g/mol. The lowest BCUT2D eigenvalue weighted by Crippen LogP contribution is -2.29. The normalized spacial score (nSPS) is 11.2. The fourth-order valence-corrected chi connectivity index (χ4v) is 2.12. The Bertz CT molecular complexity index is 336. The van der Waals surface area contributed by atoms with Gasteiger partial charge in [-0.25, -0.2) is 0 Å². The molecule has 0 bridgehead atoms. The molecule has 0 fully saturated rings. The predicted molar refractivity (Wildman–Crippen MR) is 78.4 cm³/mol. The second kappa shape index (κ2) is 8.15. The molecule has 0 radical (unpaired) electrons. The molecule has 2 nitrogen and oxygen atoms in total. The standard InChI is InChI=1S/C16H27NO/c1-5-11-17(6-2)12-13-18-16-10-8-7-9-15(16)14(3)4/h7-10,14H,5-6,11-13H2,1-4H3. The number of para-hydroxylation sites is 1. The minimum Gasteiger partial charge on any atom is -0.492 e. The van der Waals surface area contributed by atoms with Gasteiger partial charge in [-0.15, -0.1) is 0 Å². The van der Waals surface area contributed by atoms with E-state index in [1.807, 2.05) is 6.07 Å². The van der Waals surface area contributed by atoms with Gasteiger partial charge in [0.05, 0.1) is 0 Å². The largest absolute Gasteiger partial charge is 0.492 e. The Morgan fingerprint density at radius 2 is 1.83 bits per heavy atom. The van der Waals surface area contributed by atoms with Gasteiger partial charge in [0.25, 0.3) is 0 Å². The maximum atomic E-state index is 5.94. The number of ether oxygens (including phenoxy) is 1. The zero-order chi connectivity index (χ0) is 13.4. The molecular formula is C16H27NO. The molecule has 0 aliphatic heterocycles. The van der Waals surface area contributed by atoms with E-state index >= 15 is 0 Å². The molecule has 0 aromatic heterocycles. The highest BCUT2D eigenvalue weighted by atomic mass is 16.5. The van der Waals surface area contributed by atoms with Gasteiger partial charge in [-0.05, 0) is 37.1 Å². The van der Waals surface area contributed by atoms with Crippen molar-refractivity contribution in [3.63, 3.8) is 0 Å². The molecule has 0 saturated carbocycles. The summed E-state index contributed by atoms with van der Waals surface area (Å²) in [6.07, 6.45) is 1.20. The fraction of sp³-hybridized carbons (Fsp3) is 0.625. The Hall–Kier alpha value is -1.02. The fourth-order valence-electron chi connectivity index (χ4n) is 2.12. The summed E-state index contributed by atoms with van der Waals surface area (Å²) < 4.78 is 5.94. The van der Waals surface area contributed by atoms with Crippen LogP contribution < -0.4 is 4.74 Å². The summed E-state index contributed by atoms with van der Waals surface area (Å²) in [6, 6.07) is 8.36. The van der Waals surface area contributed by atoms with Gasteiger partial charge in [-0.3, -0.25) is 0 Å². The highest BCUT2D eigenvalue weighted by Gasteiger charge is 2.07. The van der Waals surface area contributed by atoms with Crippen LogP contribution in [0.3, 0.4) is 0 Å². The zero-order valence-electron chi connectivity index (χ0n) is 12.3. The Balaban J connectivity index is 2.48. The van der Waals surface area contributed by atoms with Crippen molar-refractivity contribution in [3.05, 3.63) is 29.8 Å². The summed E-state index contributed by atoms with van der Waals surface area (Å²) in [7, 11) is 0. The average Bonchev–Trinajstić information content (AvgIpc) is 2.38. The minimum atomic E-state index is 0.513. The van der Waals surface area contributed by atoms with Crippen molar-refractivity contribution in [1.29, 1.82) is 0 Å². The molecule has 0 unspecified atom stereocenters. The molecule has 2 heteroatoms. The number of benzene rings is 1. The van der Waals surface area contributed by atoms with Gasteiger partial charge in [0.15, 0.2) is 0 Å². The summed E-state index contributed by atoms with van der Waals surface area (Å²) in [5.41, 5.74) is 1.30. The monoisotopic (exact) mass is 249 g/mol. The van der Waals surface area contributed by atoms with Crippen LogP contribution in [0.25, 0.3) is 0 Å². The van der Waals surface area contributed by atoms with Gasteiger partial charge in [-0.1, -0.05) is 45.9 Å². The van der Waals surface area contributed by atoms with Crippen LogP contribution in [0.4, 0.5) is 0 Å². The van der Waals surface area contributed by atoms with Crippen LogP contribution in [-0.2, 0) is 0 Å². The molecule has 1 aromatic rings. The van der Waals surface area contributed by atoms with Gasteiger partial charge >= 0.3 is 0 Å². The Morgan fingerprint density at radius 1 is 1.11 bits per heavy atom. The van der Waals surface area contributed by atoms with E-state index in [1.165, 1.54) is 12.0 Å². The van der Waals surface area contributed by atoms with Gasteiger partial charge < -0.3 is 9.64 Å². The molecule has 0 heterocycles. The van der Waals surface area contributed by atoms with Gasteiger partial charge in [0, 0.05) is 6.54 Å². The number of hydrogen-bond donors (Lipinski definition) is 0. The summed E-state index contributed by atoms with van der Waals surface area (Å²) in [6.45, 7) is 12.9. The lowest BCUT2D eigenvalue weighted by molar-refractivity contribution is 0.214. The molecular weight excluding hydrogens is 222 g/mol. The summed E-state index contributed by atoms with van der Waals surface area (Å²) >= 11 is 0. The maximum absolute atomic E-state index is 5.94. The van der Waals surface area contributed by atoms with Crippen LogP contribution >= 0.6 is 0 Å². The third-order valence-electron chi connectivity index (χ3n) is 3.19. The molecule has 0 amide bonds. The van der Waals surface area contributed by atoms with Crippen LogP contribution in [0, 0.1) is 0 Å². The quantitative estimate of drug-likeness (QED) is 0.692. The lowest BCUT2D eigenvalue weighted by Gasteiger charge is -2.20. The van der Waals surface area contributed by atoms with Crippen molar-refractivity contribution in [1.82, 2.24) is 4.90 Å². The Morgan fingerprint density at radius 3 is 2.44 bits per heavy atom. The third-order valence-corrected chi connectivity index (χ3v) is 3.19. The van der Waals surface area contributed by atoms with Crippen molar-refractivity contribution < 1.29 is 4.74 Å². The molecule has 0 aliphatic rings. The smallest absolute Gasteiger partial charge is 0.122 e. The van der Waals surface area contributed by atoms with E-state index < -0.39 is 0 Å². The van der Waals surface area contributed by atoms with Gasteiger partial charge in [0.1, 0.15) is 12.4 Å². The van der Waals surface area contributed by atoms with Gasteiger partial charge in [0.2, 0.25) is 0 Å². The topological polar surface area (TPSA) is 12.5 Å². The number of hydrogen-bond acceptors (Lipinski definition) is 2. The summed E-state index contributed by atoms with van der Waals surface area (Å²) in [5, 5.41) is 0. The number of likely N-dealkylation sites (N-methyl/N-ethyl adjacent to an activating group) is 1. The van der Waals surface area contributed by atoms with Crippen LogP contribution in [-0.4, -0.2) is 31.1 Å². The minimum absolute atomic E-state index is 0.513. The summed E-state index contributed by atoms with van der Waals surface area (Å²) in [5.74, 6) is 1.55. The zero-order valence-corrected chi connectivity index (χ0v) is 12.3. The first-order valence-electron chi connectivity index (χ1n) is 7.13. The molecule has 1 aromatic carbocycles. The first-order chi connectivity index (χ1) is 8.69. The second-order valence-corrected chi connectivity index (χ2v) is 4.98. The highest BCUT2D eigenvalue weighted by Crippen LogP contribution is 2.25. The molecule has 0 saturated heterocycles. The van der Waals surface area contributed by atoms with Crippen molar-refractivity contribution in [2.45, 2.75) is 40.0 Å². The molecule has 0 N–H and O–H groups in total. The number of rotatable bonds is 8.